The summed E-state index contributed by atoms with van der Waals surface area (Å²) in [6.45, 7) is 4.25. The topological polar surface area (TPSA) is 94.5 Å². The van der Waals surface area contributed by atoms with E-state index in [2.05, 4.69) is 4.74 Å². The maximum Gasteiger partial charge on any atom is 0.302 e. The lowest BCUT2D eigenvalue weighted by Gasteiger charge is -2.28. The van der Waals surface area contributed by atoms with Gasteiger partial charge < -0.3 is 29.2 Å². The van der Waals surface area contributed by atoms with Gasteiger partial charge in [-0.2, -0.15) is 0 Å². The van der Waals surface area contributed by atoms with Crippen LogP contribution in [0.4, 0.5) is 0 Å². The molecule has 7 nitrogen and oxygen atoms in total. The van der Waals surface area contributed by atoms with Gasteiger partial charge in [0.05, 0.1) is 0 Å². The molecule has 0 aromatic heterocycles. The minimum Gasteiger partial charge on any atom is -0.463 e. The number of hydrogen-bond acceptors (Lipinski definition) is 7. The van der Waals surface area contributed by atoms with Crippen molar-refractivity contribution in [3.05, 3.63) is 0 Å². The van der Waals surface area contributed by atoms with E-state index in [1.54, 1.807) is 13.8 Å². The summed E-state index contributed by atoms with van der Waals surface area (Å²) in [4.78, 5) is 10.7. The second kappa shape index (κ2) is 3.89. The molecule has 0 radical (unpaired) electrons. The SMILES string of the molecule is CC(=O)OC[C@H]1OC2OC(C)(C)OC2C1(O)O. The van der Waals surface area contributed by atoms with Gasteiger partial charge in [0.25, 0.3) is 0 Å². The Morgan fingerprint density at radius 1 is 1.35 bits per heavy atom. The fourth-order valence-electron chi connectivity index (χ4n) is 1.92. The molecule has 0 aliphatic carbocycles. The number of carbonyl (C=O) groups is 1. The fraction of sp³-hybridized carbons (Fsp3) is 0.900. The molecule has 17 heavy (non-hydrogen) atoms. The maximum absolute atomic E-state index is 10.7. The van der Waals surface area contributed by atoms with Gasteiger partial charge in [-0.3, -0.25) is 4.79 Å². The predicted molar refractivity (Wildman–Crippen MR) is 52.5 cm³/mol. The van der Waals surface area contributed by atoms with Crippen molar-refractivity contribution in [2.45, 2.75) is 50.8 Å². The van der Waals surface area contributed by atoms with Gasteiger partial charge in [-0.05, 0) is 13.8 Å². The smallest absolute Gasteiger partial charge is 0.302 e. The van der Waals surface area contributed by atoms with Gasteiger partial charge in [-0.25, -0.2) is 0 Å². The van der Waals surface area contributed by atoms with Crippen molar-refractivity contribution < 1.29 is 34.0 Å². The van der Waals surface area contributed by atoms with Gasteiger partial charge in [0, 0.05) is 6.92 Å². The van der Waals surface area contributed by atoms with Crippen molar-refractivity contribution in [1.29, 1.82) is 0 Å². The first kappa shape index (κ1) is 12.7. The summed E-state index contributed by atoms with van der Waals surface area (Å²) in [6.07, 6.45) is -2.98. The van der Waals surface area contributed by atoms with Gasteiger partial charge in [0.1, 0.15) is 6.61 Å². The van der Waals surface area contributed by atoms with E-state index in [1.165, 1.54) is 6.92 Å². The standard InChI is InChI=1S/C10H16O7/c1-5(11)14-4-6-10(12,13)7-8(15-6)17-9(2,3)16-7/h6-8,12-13H,4H2,1-3H3/t6-,7?,8?/m1/s1. The average molecular weight is 248 g/mol. The number of aliphatic hydroxyl groups is 2. The van der Waals surface area contributed by atoms with Crippen LogP contribution in [0.25, 0.3) is 0 Å². The average Bonchev–Trinajstić information content (AvgIpc) is 2.57. The Balaban J connectivity index is 2.04. The Morgan fingerprint density at radius 2 is 2.00 bits per heavy atom. The number of rotatable bonds is 2. The zero-order valence-corrected chi connectivity index (χ0v) is 9.87. The highest BCUT2D eigenvalue weighted by molar-refractivity contribution is 5.65. The summed E-state index contributed by atoms with van der Waals surface area (Å²) < 4.78 is 20.6. The van der Waals surface area contributed by atoms with Gasteiger partial charge in [0.15, 0.2) is 24.3 Å². The molecule has 2 aliphatic heterocycles. The van der Waals surface area contributed by atoms with Crippen molar-refractivity contribution in [1.82, 2.24) is 0 Å². The van der Waals surface area contributed by atoms with Crippen LogP contribution in [0.2, 0.25) is 0 Å². The first-order chi connectivity index (χ1) is 7.72. The molecule has 2 unspecified atom stereocenters. The molecule has 0 bridgehead atoms. The Morgan fingerprint density at radius 3 is 2.53 bits per heavy atom. The molecular formula is C10H16O7. The number of esters is 1. The molecule has 2 heterocycles. The summed E-state index contributed by atoms with van der Waals surface area (Å²) in [6, 6.07) is 0. The van der Waals surface area contributed by atoms with Gasteiger partial charge in [0.2, 0.25) is 5.79 Å². The van der Waals surface area contributed by atoms with Crippen LogP contribution in [-0.4, -0.2) is 52.9 Å². The largest absolute Gasteiger partial charge is 0.463 e. The molecule has 0 spiro atoms. The summed E-state index contributed by atoms with van der Waals surface area (Å²) in [5, 5.41) is 19.8. The quantitative estimate of drug-likeness (QED) is 0.483. The first-order valence-electron chi connectivity index (χ1n) is 5.31. The van der Waals surface area contributed by atoms with E-state index in [9.17, 15) is 15.0 Å². The molecule has 2 aliphatic rings. The molecule has 0 amide bonds. The van der Waals surface area contributed by atoms with Crippen molar-refractivity contribution >= 4 is 5.97 Å². The van der Waals surface area contributed by atoms with E-state index in [0.29, 0.717) is 0 Å². The summed E-state index contributed by atoms with van der Waals surface area (Å²) in [5.41, 5.74) is 0. The fourth-order valence-corrected chi connectivity index (χ4v) is 1.92. The highest BCUT2D eigenvalue weighted by atomic mass is 16.9. The zero-order valence-electron chi connectivity index (χ0n) is 9.87. The number of fused-ring (bicyclic) bond motifs is 1. The first-order valence-corrected chi connectivity index (χ1v) is 5.31. The number of hydrogen-bond donors (Lipinski definition) is 2. The van der Waals surface area contributed by atoms with Crippen LogP contribution in [-0.2, 0) is 23.7 Å². The lowest BCUT2D eigenvalue weighted by molar-refractivity contribution is -0.285. The van der Waals surface area contributed by atoms with Crippen LogP contribution in [0.3, 0.4) is 0 Å². The van der Waals surface area contributed by atoms with E-state index in [1.807, 2.05) is 0 Å². The Hall–Kier alpha value is -0.730. The van der Waals surface area contributed by atoms with Crippen molar-refractivity contribution in [2.75, 3.05) is 6.61 Å². The molecule has 0 aromatic rings. The molecule has 7 heteroatoms. The van der Waals surface area contributed by atoms with Crippen molar-refractivity contribution in [3.8, 4) is 0 Å². The van der Waals surface area contributed by atoms with Crippen molar-refractivity contribution in [2.24, 2.45) is 0 Å². The van der Waals surface area contributed by atoms with E-state index in [4.69, 9.17) is 14.2 Å². The Labute approximate surface area is 98.2 Å². The third kappa shape index (κ3) is 2.29. The van der Waals surface area contributed by atoms with E-state index < -0.39 is 36.0 Å². The molecular weight excluding hydrogens is 232 g/mol. The zero-order chi connectivity index (χ0) is 12.8. The molecule has 2 N–H and O–H groups in total. The maximum atomic E-state index is 10.7. The lowest BCUT2D eigenvalue weighted by Crippen LogP contribution is -2.50. The van der Waals surface area contributed by atoms with Crippen LogP contribution in [0, 0.1) is 0 Å². The highest BCUT2D eigenvalue weighted by Gasteiger charge is 2.63. The van der Waals surface area contributed by atoms with Gasteiger partial charge in [-0.15, -0.1) is 0 Å². The van der Waals surface area contributed by atoms with Crippen LogP contribution in [0.15, 0.2) is 0 Å². The second-order valence-electron chi connectivity index (χ2n) is 4.63. The molecule has 98 valence electrons. The summed E-state index contributed by atoms with van der Waals surface area (Å²) >= 11 is 0. The highest BCUT2D eigenvalue weighted by Crippen LogP contribution is 2.41. The normalized spacial score (nSPS) is 37.8. The molecule has 0 saturated carbocycles. The van der Waals surface area contributed by atoms with Crippen LogP contribution < -0.4 is 0 Å². The van der Waals surface area contributed by atoms with E-state index in [0.717, 1.165) is 0 Å². The van der Waals surface area contributed by atoms with Crippen LogP contribution in [0.1, 0.15) is 20.8 Å². The third-order valence-electron chi connectivity index (χ3n) is 2.69. The number of carbonyl (C=O) groups excluding carboxylic acids is 1. The summed E-state index contributed by atoms with van der Waals surface area (Å²) in [5.74, 6) is -3.70. The molecule has 2 rings (SSSR count). The van der Waals surface area contributed by atoms with E-state index >= 15 is 0 Å². The van der Waals surface area contributed by atoms with Crippen molar-refractivity contribution in [3.63, 3.8) is 0 Å². The van der Waals surface area contributed by atoms with E-state index in [-0.39, 0.29) is 6.61 Å². The minimum atomic E-state index is -2.24. The predicted octanol–water partition coefficient (Wildman–Crippen LogP) is -0.893. The molecule has 3 atom stereocenters. The lowest BCUT2D eigenvalue weighted by atomic mass is 10.1. The van der Waals surface area contributed by atoms with Gasteiger partial charge >= 0.3 is 5.97 Å². The second-order valence-corrected chi connectivity index (χ2v) is 4.63. The Bertz CT molecular complexity index is 325. The minimum absolute atomic E-state index is 0.261. The monoisotopic (exact) mass is 248 g/mol. The molecule has 2 saturated heterocycles. The molecule has 0 aromatic carbocycles. The number of ether oxygens (including phenoxy) is 4. The molecule has 2 fully saturated rings. The Kier molecular flexibility index (Phi) is 2.91. The van der Waals surface area contributed by atoms with Crippen LogP contribution in [0.5, 0.6) is 0 Å². The van der Waals surface area contributed by atoms with Gasteiger partial charge in [-0.1, -0.05) is 0 Å². The van der Waals surface area contributed by atoms with Crippen LogP contribution >= 0.6 is 0 Å². The summed E-state index contributed by atoms with van der Waals surface area (Å²) in [7, 11) is 0. The third-order valence-corrected chi connectivity index (χ3v) is 2.69.